The van der Waals surface area contributed by atoms with Gasteiger partial charge in [0, 0.05) is 12.6 Å². The van der Waals surface area contributed by atoms with Crippen LogP contribution in [0.4, 0.5) is 5.82 Å². The number of hydrogen-bond acceptors (Lipinski definition) is 5. The molecule has 6 nitrogen and oxygen atoms in total. The van der Waals surface area contributed by atoms with Gasteiger partial charge >= 0.3 is 0 Å². The fraction of sp³-hybridized carbons (Fsp3) is 0.400. The van der Waals surface area contributed by atoms with Gasteiger partial charge in [-0.15, -0.1) is 0 Å². The molecule has 1 N–H and O–H groups in total. The summed E-state index contributed by atoms with van der Waals surface area (Å²) < 4.78 is 7.36. The van der Waals surface area contributed by atoms with Gasteiger partial charge in [-0.2, -0.15) is 5.10 Å². The first-order valence-electron chi connectivity index (χ1n) is 6.95. The van der Waals surface area contributed by atoms with E-state index in [1.807, 2.05) is 27.8 Å². The summed E-state index contributed by atoms with van der Waals surface area (Å²) in [4.78, 5) is 8.94. The maximum absolute atomic E-state index is 5.60. The van der Waals surface area contributed by atoms with Gasteiger partial charge in [0.05, 0.1) is 17.6 Å². The lowest BCUT2D eigenvalue weighted by molar-refractivity contribution is 0.500. The maximum Gasteiger partial charge on any atom is 0.163 e. The molecule has 110 valence electrons. The summed E-state index contributed by atoms with van der Waals surface area (Å²) in [5, 5.41) is 8.62. The largest absolute Gasteiger partial charge is 0.466 e. The molecule has 0 fully saturated rings. The third kappa shape index (κ3) is 2.37. The minimum Gasteiger partial charge on any atom is -0.466 e. The van der Waals surface area contributed by atoms with E-state index in [4.69, 9.17) is 4.42 Å². The van der Waals surface area contributed by atoms with Gasteiger partial charge in [-0.3, -0.25) is 4.68 Å². The number of rotatable bonds is 3. The molecule has 0 spiro atoms. The van der Waals surface area contributed by atoms with E-state index < -0.39 is 0 Å². The van der Waals surface area contributed by atoms with Crippen molar-refractivity contribution in [2.45, 2.75) is 33.7 Å². The van der Waals surface area contributed by atoms with Gasteiger partial charge < -0.3 is 9.73 Å². The van der Waals surface area contributed by atoms with Crippen LogP contribution in [0.5, 0.6) is 0 Å². The summed E-state index contributed by atoms with van der Waals surface area (Å²) in [6.45, 7) is 7.91. The Morgan fingerprint density at radius 2 is 2.00 bits per heavy atom. The molecule has 0 saturated heterocycles. The van der Waals surface area contributed by atoms with Crippen molar-refractivity contribution in [1.29, 1.82) is 0 Å². The molecule has 0 aliphatic heterocycles. The lowest BCUT2D eigenvalue weighted by atomic mass is 10.1. The van der Waals surface area contributed by atoms with Crippen LogP contribution < -0.4 is 5.32 Å². The molecule has 1 atom stereocenters. The zero-order valence-corrected chi connectivity index (χ0v) is 12.9. The summed E-state index contributed by atoms with van der Waals surface area (Å²) in [6, 6.07) is 2.15. The molecular weight excluding hydrogens is 266 g/mol. The van der Waals surface area contributed by atoms with Crippen molar-refractivity contribution in [2.75, 3.05) is 5.32 Å². The zero-order valence-electron chi connectivity index (χ0n) is 12.9. The Morgan fingerprint density at radius 3 is 2.67 bits per heavy atom. The molecule has 0 aliphatic carbocycles. The minimum atomic E-state index is 0.0974. The molecular formula is C15H19N5O. The quantitative estimate of drug-likeness (QED) is 0.801. The molecule has 3 rings (SSSR count). The van der Waals surface area contributed by atoms with Crippen LogP contribution in [0.25, 0.3) is 11.0 Å². The topological polar surface area (TPSA) is 68.8 Å². The van der Waals surface area contributed by atoms with E-state index >= 15 is 0 Å². The van der Waals surface area contributed by atoms with E-state index in [0.29, 0.717) is 0 Å². The lowest BCUT2D eigenvalue weighted by Crippen LogP contribution is -2.09. The molecule has 0 radical (unpaired) electrons. The van der Waals surface area contributed by atoms with Crippen LogP contribution in [0, 0.1) is 20.8 Å². The highest BCUT2D eigenvalue weighted by molar-refractivity contribution is 5.86. The monoisotopic (exact) mass is 285 g/mol. The van der Waals surface area contributed by atoms with Gasteiger partial charge in [0.25, 0.3) is 0 Å². The molecule has 3 heterocycles. The third-order valence-corrected chi connectivity index (χ3v) is 3.60. The van der Waals surface area contributed by atoms with E-state index in [2.05, 4.69) is 33.4 Å². The van der Waals surface area contributed by atoms with Crippen LogP contribution in [0.15, 0.2) is 16.7 Å². The number of nitrogens with one attached hydrogen (secondary N) is 1. The van der Waals surface area contributed by atoms with Gasteiger partial charge in [-0.05, 0) is 33.8 Å². The molecule has 0 bridgehead atoms. The van der Waals surface area contributed by atoms with E-state index in [9.17, 15) is 0 Å². The Kier molecular flexibility index (Phi) is 3.16. The average Bonchev–Trinajstić information content (AvgIpc) is 2.93. The van der Waals surface area contributed by atoms with Gasteiger partial charge in [0.15, 0.2) is 5.65 Å². The van der Waals surface area contributed by atoms with E-state index in [0.717, 1.165) is 39.8 Å². The first-order chi connectivity index (χ1) is 9.95. The second kappa shape index (κ2) is 4.87. The Hall–Kier alpha value is -2.37. The predicted molar refractivity (Wildman–Crippen MR) is 81.3 cm³/mol. The molecule has 3 aromatic rings. The molecule has 0 amide bonds. The Morgan fingerprint density at radius 1 is 1.24 bits per heavy atom. The number of aryl methyl sites for hydroxylation is 4. The predicted octanol–water partition coefficient (Wildman–Crippen LogP) is 3.05. The van der Waals surface area contributed by atoms with Crippen molar-refractivity contribution in [2.24, 2.45) is 7.05 Å². The van der Waals surface area contributed by atoms with Crippen LogP contribution in [0.1, 0.15) is 35.9 Å². The number of fused-ring (bicyclic) bond motifs is 1. The average molecular weight is 285 g/mol. The molecule has 0 saturated carbocycles. The van der Waals surface area contributed by atoms with Crippen molar-refractivity contribution in [3.63, 3.8) is 0 Å². The van der Waals surface area contributed by atoms with Crippen LogP contribution in [-0.4, -0.2) is 19.7 Å². The van der Waals surface area contributed by atoms with Crippen LogP contribution in [-0.2, 0) is 7.05 Å². The normalized spacial score (nSPS) is 12.8. The first-order valence-corrected chi connectivity index (χ1v) is 6.95. The maximum atomic E-state index is 5.60. The summed E-state index contributed by atoms with van der Waals surface area (Å²) >= 11 is 0. The van der Waals surface area contributed by atoms with Crippen LogP contribution >= 0.6 is 0 Å². The number of aromatic nitrogens is 4. The smallest absolute Gasteiger partial charge is 0.163 e. The highest BCUT2D eigenvalue weighted by Gasteiger charge is 2.16. The van der Waals surface area contributed by atoms with Crippen molar-refractivity contribution in [3.8, 4) is 0 Å². The Bertz CT molecular complexity index is 802. The van der Waals surface area contributed by atoms with Gasteiger partial charge in [-0.1, -0.05) is 0 Å². The number of anilines is 1. The molecule has 6 heteroatoms. The standard InChI is InChI=1S/C15H19N5O/c1-8-6-12(10(3)21-8)9(2)17-14-13-7-16-20(5)15(13)19-11(4)18-14/h6-7,9H,1-5H3,(H,17,18,19)/t9-/m1/s1. The highest BCUT2D eigenvalue weighted by Crippen LogP contribution is 2.27. The van der Waals surface area contributed by atoms with Crippen molar-refractivity contribution in [1.82, 2.24) is 19.7 Å². The summed E-state index contributed by atoms with van der Waals surface area (Å²) in [5.41, 5.74) is 1.97. The SMILES string of the molecule is Cc1nc(N[C@H](C)c2cc(C)oc2C)c2cnn(C)c2n1. The van der Waals surface area contributed by atoms with Crippen molar-refractivity contribution >= 4 is 16.9 Å². The summed E-state index contributed by atoms with van der Waals surface area (Å²) in [5.74, 6) is 3.37. The second-order valence-electron chi connectivity index (χ2n) is 5.36. The summed E-state index contributed by atoms with van der Waals surface area (Å²) in [7, 11) is 1.88. The highest BCUT2D eigenvalue weighted by atomic mass is 16.3. The van der Waals surface area contributed by atoms with E-state index in [-0.39, 0.29) is 6.04 Å². The number of hydrogen-bond donors (Lipinski definition) is 1. The third-order valence-electron chi connectivity index (χ3n) is 3.60. The van der Waals surface area contributed by atoms with E-state index in [1.54, 1.807) is 10.9 Å². The first kappa shape index (κ1) is 13.6. The molecule has 0 aromatic carbocycles. The number of furan rings is 1. The summed E-state index contributed by atoms with van der Waals surface area (Å²) in [6.07, 6.45) is 1.79. The fourth-order valence-electron chi connectivity index (χ4n) is 2.60. The molecule has 0 aliphatic rings. The molecule has 3 aromatic heterocycles. The van der Waals surface area contributed by atoms with E-state index in [1.165, 1.54) is 0 Å². The minimum absolute atomic E-state index is 0.0974. The van der Waals surface area contributed by atoms with Gasteiger partial charge in [-0.25, -0.2) is 9.97 Å². The van der Waals surface area contributed by atoms with Gasteiger partial charge in [0.2, 0.25) is 0 Å². The Balaban J connectivity index is 2.00. The lowest BCUT2D eigenvalue weighted by Gasteiger charge is -2.14. The zero-order chi connectivity index (χ0) is 15.1. The van der Waals surface area contributed by atoms with Crippen LogP contribution in [0.3, 0.4) is 0 Å². The number of nitrogens with zero attached hydrogens (tertiary/aromatic N) is 4. The molecule has 0 unspecified atom stereocenters. The van der Waals surface area contributed by atoms with Gasteiger partial charge in [0.1, 0.15) is 23.2 Å². The van der Waals surface area contributed by atoms with Crippen molar-refractivity contribution in [3.05, 3.63) is 35.2 Å². The Labute approximate surface area is 123 Å². The molecule has 21 heavy (non-hydrogen) atoms. The fourth-order valence-corrected chi connectivity index (χ4v) is 2.60. The van der Waals surface area contributed by atoms with Crippen molar-refractivity contribution < 1.29 is 4.42 Å². The second-order valence-corrected chi connectivity index (χ2v) is 5.36. The van der Waals surface area contributed by atoms with Crippen LogP contribution in [0.2, 0.25) is 0 Å².